The molecule has 0 bridgehead atoms. The maximum absolute atomic E-state index is 11.8. The van der Waals surface area contributed by atoms with E-state index in [0.717, 1.165) is 18.7 Å². The first-order valence-electron chi connectivity index (χ1n) is 7.00. The summed E-state index contributed by atoms with van der Waals surface area (Å²) in [6.45, 7) is 5.12. The molecule has 122 valence electrons. The molecular weight excluding hydrogens is 397 g/mol. The lowest BCUT2D eigenvalue weighted by Gasteiger charge is -2.27. The van der Waals surface area contributed by atoms with Crippen LogP contribution in [0, 0.1) is 6.92 Å². The van der Waals surface area contributed by atoms with Crippen molar-refractivity contribution >= 4 is 41.7 Å². The number of pyridine rings is 1. The number of hydrogen-bond acceptors (Lipinski definition) is 4. The number of aromatic nitrogens is 1. The van der Waals surface area contributed by atoms with Crippen LogP contribution in [0.1, 0.15) is 12.0 Å². The minimum Gasteiger partial charge on any atom is -0.378 e. The van der Waals surface area contributed by atoms with Crippen LogP contribution in [0.2, 0.25) is 0 Å². The Morgan fingerprint density at radius 1 is 1.45 bits per heavy atom. The van der Waals surface area contributed by atoms with Crippen molar-refractivity contribution in [2.75, 3.05) is 38.2 Å². The Labute approximate surface area is 147 Å². The summed E-state index contributed by atoms with van der Waals surface area (Å²) < 4.78 is 5.24. The molecule has 0 saturated carbocycles. The summed E-state index contributed by atoms with van der Waals surface area (Å²) in [5.74, 6) is 0.903. The highest BCUT2D eigenvalue weighted by molar-refractivity contribution is 14.0. The number of morpholine rings is 1. The van der Waals surface area contributed by atoms with Gasteiger partial charge >= 0.3 is 0 Å². The molecule has 2 heterocycles. The number of rotatable bonds is 4. The Morgan fingerprint density at radius 3 is 2.82 bits per heavy atom. The van der Waals surface area contributed by atoms with E-state index < -0.39 is 0 Å². The Hall–Kier alpha value is -1.42. The molecule has 1 fully saturated rings. The largest absolute Gasteiger partial charge is 0.378 e. The number of carbonyl (C=O) groups excluding carboxylic acids is 1. The molecule has 1 amide bonds. The summed E-state index contributed by atoms with van der Waals surface area (Å²) in [6.07, 6.45) is 1.99. The molecule has 1 aliphatic heterocycles. The number of nitrogens with one attached hydrogen (secondary N) is 1. The van der Waals surface area contributed by atoms with E-state index >= 15 is 0 Å². The van der Waals surface area contributed by atoms with Gasteiger partial charge in [0.25, 0.3) is 0 Å². The van der Waals surface area contributed by atoms with Gasteiger partial charge in [0.2, 0.25) is 5.91 Å². The molecule has 0 aliphatic carbocycles. The Kier molecular flexibility index (Phi) is 8.10. The lowest BCUT2D eigenvalue weighted by molar-refractivity contribution is -0.116. The molecule has 1 aromatic rings. The van der Waals surface area contributed by atoms with Gasteiger partial charge in [0.15, 0.2) is 5.96 Å². The van der Waals surface area contributed by atoms with Crippen molar-refractivity contribution in [2.24, 2.45) is 10.7 Å². The van der Waals surface area contributed by atoms with Crippen LogP contribution in [-0.2, 0) is 9.53 Å². The van der Waals surface area contributed by atoms with Crippen molar-refractivity contribution in [3.63, 3.8) is 0 Å². The molecule has 1 saturated heterocycles. The predicted octanol–water partition coefficient (Wildman–Crippen LogP) is 0.984. The Balaban J connectivity index is 0.00000242. The number of halogens is 1. The number of aliphatic imine (C=N–C) groups is 1. The van der Waals surface area contributed by atoms with Gasteiger partial charge < -0.3 is 20.7 Å². The number of nitrogens with two attached hydrogens (primary N) is 1. The molecule has 3 N–H and O–H groups in total. The van der Waals surface area contributed by atoms with Crippen molar-refractivity contribution in [1.29, 1.82) is 0 Å². The van der Waals surface area contributed by atoms with Crippen LogP contribution in [-0.4, -0.2) is 54.6 Å². The number of nitrogens with zero attached hydrogens (tertiary/aromatic N) is 3. The van der Waals surface area contributed by atoms with Gasteiger partial charge in [0.05, 0.1) is 19.8 Å². The summed E-state index contributed by atoms with van der Waals surface area (Å²) in [5, 5.41) is 2.73. The molecule has 0 unspecified atom stereocenters. The first-order valence-corrected chi connectivity index (χ1v) is 7.00. The lowest BCUT2D eigenvalue weighted by atomic mass is 10.3. The number of aryl methyl sites for hydroxylation is 1. The third-order valence-electron chi connectivity index (χ3n) is 3.13. The molecule has 0 spiro atoms. The SMILES string of the molecule is Cc1ccc(NC(=O)CCN=C(N)N2CCOCC2)nc1.I. The third-order valence-corrected chi connectivity index (χ3v) is 3.13. The van der Waals surface area contributed by atoms with Crippen LogP contribution in [0.5, 0.6) is 0 Å². The van der Waals surface area contributed by atoms with Crippen LogP contribution in [0.4, 0.5) is 5.82 Å². The number of ether oxygens (including phenoxy) is 1. The summed E-state index contributed by atoms with van der Waals surface area (Å²) in [4.78, 5) is 22.1. The van der Waals surface area contributed by atoms with Gasteiger partial charge in [0.1, 0.15) is 5.82 Å². The van der Waals surface area contributed by atoms with Crippen LogP contribution in [0.3, 0.4) is 0 Å². The predicted molar refractivity (Wildman–Crippen MR) is 96.5 cm³/mol. The number of carbonyl (C=O) groups is 1. The molecule has 1 aliphatic rings. The Morgan fingerprint density at radius 2 is 2.18 bits per heavy atom. The fraction of sp³-hybridized carbons (Fsp3) is 0.500. The highest BCUT2D eigenvalue weighted by Gasteiger charge is 2.12. The van der Waals surface area contributed by atoms with Gasteiger partial charge in [-0.15, -0.1) is 24.0 Å². The second kappa shape index (κ2) is 9.57. The average Bonchev–Trinajstić information content (AvgIpc) is 2.50. The maximum Gasteiger partial charge on any atom is 0.227 e. The van der Waals surface area contributed by atoms with E-state index in [4.69, 9.17) is 10.5 Å². The highest BCUT2D eigenvalue weighted by Crippen LogP contribution is 2.04. The monoisotopic (exact) mass is 419 g/mol. The molecule has 0 aromatic carbocycles. The summed E-state index contributed by atoms with van der Waals surface area (Å²) >= 11 is 0. The van der Waals surface area contributed by atoms with E-state index in [2.05, 4.69) is 15.3 Å². The minimum atomic E-state index is -0.120. The number of hydrogen-bond donors (Lipinski definition) is 2. The molecule has 8 heteroatoms. The zero-order chi connectivity index (χ0) is 15.1. The van der Waals surface area contributed by atoms with Crippen LogP contribution in [0.25, 0.3) is 0 Å². The second-order valence-electron chi connectivity index (χ2n) is 4.86. The normalized spacial score (nSPS) is 15.1. The Bertz CT molecular complexity index is 500. The fourth-order valence-corrected chi connectivity index (χ4v) is 1.91. The van der Waals surface area contributed by atoms with E-state index in [-0.39, 0.29) is 36.3 Å². The molecule has 0 atom stereocenters. The lowest BCUT2D eigenvalue weighted by Crippen LogP contribution is -2.44. The molecule has 1 aromatic heterocycles. The van der Waals surface area contributed by atoms with E-state index in [1.54, 1.807) is 12.3 Å². The van der Waals surface area contributed by atoms with Gasteiger partial charge in [-0.1, -0.05) is 6.07 Å². The van der Waals surface area contributed by atoms with Crippen LogP contribution in [0.15, 0.2) is 23.3 Å². The number of amides is 1. The number of guanidine groups is 1. The van der Waals surface area contributed by atoms with E-state index in [9.17, 15) is 4.79 Å². The van der Waals surface area contributed by atoms with Crippen molar-refractivity contribution in [3.05, 3.63) is 23.9 Å². The molecular formula is C14H22IN5O2. The fourth-order valence-electron chi connectivity index (χ4n) is 1.91. The van der Waals surface area contributed by atoms with Gasteiger partial charge in [-0.2, -0.15) is 0 Å². The van der Waals surface area contributed by atoms with Gasteiger partial charge in [-0.25, -0.2) is 4.98 Å². The zero-order valence-electron chi connectivity index (χ0n) is 12.6. The first-order chi connectivity index (χ1) is 10.1. The van der Waals surface area contributed by atoms with Gasteiger partial charge in [0, 0.05) is 25.7 Å². The third kappa shape index (κ3) is 6.14. The van der Waals surface area contributed by atoms with Crippen LogP contribution >= 0.6 is 24.0 Å². The zero-order valence-corrected chi connectivity index (χ0v) is 14.9. The van der Waals surface area contributed by atoms with Crippen molar-refractivity contribution < 1.29 is 9.53 Å². The summed E-state index contributed by atoms with van der Waals surface area (Å²) in [7, 11) is 0. The quantitative estimate of drug-likeness (QED) is 0.431. The van der Waals surface area contributed by atoms with Crippen molar-refractivity contribution in [1.82, 2.24) is 9.88 Å². The average molecular weight is 419 g/mol. The molecule has 2 rings (SSSR count). The first kappa shape index (κ1) is 18.6. The molecule has 22 heavy (non-hydrogen) atoms. The van der Waals surface area contributed by atoms with E-state index in [0.29, 0.717) is 31.5 Å². The smallest absolute Gasteiger partial charge is 0.227 e. The van der Waals surface area contributed by atoms with Crippen LogP contribution < -0.4 is 11.1 Å². The van der Waals surface area contributed by atoms with E-state index in [1.807, 2.05) is 17.9 Å². The van der Waals surface area contributed by atoms with Crippen molar-refractivity contribution in [3.8, 4) is 0 Å². The standard InChI is InChI=1S/C14H21N5O2.HI/c1-11-2-3-12(17-10-11)18-13(20)4-5-16-14(15)19-6-8-21-9-7-19;/h2-3,10H,4-9H2,1H3,(H2,15,16)(H,17,18,20);1H. The topological polar surface area (TPSA) is 92.8 Å². The summed E-state index contributed by atoms with van der Waals surface area (Å²) in [6, 6.07) is 3.68. The maximum atomic E-state index is 11.8. The highest BCUT2D eigenvalue weighted by atomic mass is 127. The van der Waals surface area contributed by atoms with E-state index in [1.165, 1.54) is 0 Å². The second-order valence-corrected chi connectivity index (χ2v) is 4.86. The minimum absolute atomic E-state index is 0. The summed E-state index contributed by atoms with van der Waals surface area (Å²) in [5.41, 5.74) is 6.93. The van der Waals surface area contributed by atoms with Gasteiger partial charge in [-0.05, 0) is 18.6 Å². The van der Waals surface area contributed by atoms with Crippen molar-refractivity contribution in [2.45, 2.75) is 13.3 Å². The molecule has 7 nitrogen and oxygen atoms in total. The van der Waals surface area contributed by atoms with Gasteiger partial charge in [-0.3, -0.25) is 9.79 Å². The number of anilines is 1. The molecule has 0 radical (unpaired) electrons.